The number of benzene rings is 6. The molecule has 7 aromatic rings. The second kappa shape index (κ2) is 13.3. The van der Waals surface area contributed by atoms with Crippen LogP contribution in [0.25, 0.3) is 67.5 Å². The van der Waals surface area contributed by atoms with E-state index in [0.29, 0.717) is 28.5 Å². The van der Waals surface area contributed by atoms with E-state index in [1.54, 1.807) is 5.56 Å². The van der Waals surface area contributed by atoms with E-state index in [0.717, 1.165) is 51.1 Å². The summed E-state index contributed by atoms with van der Waals surface area (Å²) in [7, 11) is 0. The van der Waals surface area contributed by atoms with Crippen LogP contribution in [0.3, 0.4) is 0 Å². The fourth-order valence-electron chi connectivity index (χ4n) is 10.1. The Kier molecular flexibility index (Phi) is 8.02. The molecule has 4 saturated carbocycles. The first kappa shape index (κ1) is 32.5. The van der Waals surface area contributed by atoms with E-state index < -0.39 is 0 Å². The normalized spacial score (nSPS) is 21.1. The first-order valence-electron chi connectivity index (χ1n) is 19.3. The average molecular weight is 697 g/mol. The highest BCUT2D eigenvalue weighted by Crippen LogP contribution is 2.60. The van der Waals surface area contributed by atoms with Crippen molar-refractivity contribution in [3.8, 4) is 73.6 Å². The van der Waals surface area contributed by atoms with Gasteiger partial charge in [0, 0.05) is 16.7 Å². The molecule has 0 spiro atoms. The molecule has 0 N–H and O–H groups in total. The van der Waals surface area contributed by atoms with E-state index in [-0.39, 0.29) is 0 Å². The molecule has 54 heavy (non-hydrogen) atoms. The van der Waals surface area contributed by atoms with Crippen LogP contribution in [0.2, 0.25) is 0 Å². The second-order valence-electron chi connectivity index (χ2n) is 15.8. The Morgan fingerprint density at radius 3 is 1.33 bits per heavy atom. The molecule has 4 nitrogen and oxygen atoms in total. The van der Waals surface area contributed by atoms with Crippen LogP contribution in [-0.2, 0) is 5.41 Å². The summed E-state index contributed by atoms with van der Waals surface area (Å²) < 4.78 is 0. The number of nitriles is 1. The summed E-state index contributed by atoms with van der Waals surface area (Å²) in [6, 6.07) is 55.1. The van der Waals surface area contributed by atoms with E-state index in [2.05, 4.69) is 84.9 Å². The van der Waals surface area contributed by atoms with Crippen molar-refractivity contribution in [3.05, 3.63) is 163 Å². The molecule has 0 amide bonds. The number of hydrogen-bond donors (Lipinski definition) is 0. The van der Waals surface area contributed by atoms with Gasteiger partial charge in [0.2, 0.25) is 0 Å². The first-order chi connectivity index (χ1) is 26.6. The molecular formula is C50H40N4. The van der Waals surface area contributed by atoms with E-state index in [1.165, 1.54) is 55.2 Å². The van der Waals surface area contributed by atoms with Crippen LogP contribution in [0.15, 0.2) is 152 Å². The fraction of sp³-hybridized carbons (Fsp3) is 0.200. The molecule has 0 radical (unpaired) electrons. The highest BCUT2D eigenvalue weighted by Gasteiger charge is 2.51. The van der Waals surface area contributed by atoms with Crippen molar-refractivity contribution in [1.29, 1.82) is 5.26 Å². The maximum absolute atomic E-state index is 9.34. The summed E-state index contributed by atoms with van der Waals surface area (Å²) in [5, 5.41) is 9.34. The van der Waals surface area contributed by atoms with Gasteiger partial charge in [-0.1, -0.05) is 140 Å². The lowest BCUT2D eigenvalue weighted by molar-refractivity contribution is -0.00518. The molecule has 0 unspecified atom stereocenters. The van der Waals surface area contributed by atoms with Crippen molar-refractivity contribution < 1.29 is 0 Å². The van der Waals surface area contributed by atoms with Crippen LogP contribution in [0.4, 0.5) is 0 Å². The zero-order valence-electron chi connectivity index (χ0n) is 30.2. The Morgan fingerprint density at radius 2 is 0.815 bits per heavy atom. The molecule has 0 aliphatic heterocycles. The lowest BCUT2D eigenvalue weighted by Gasteiger charge is -2.57. The van der Waals surface area contributed by atoms with Gasteiger partial charge in [-0.05, 0) is 113 Å². The molecule has 1 aromatic heterocycles. The SMILES string of the molecule is N#Cc1ccc(-c2ccccc2-c2nc(-c3ccccc3)nc(-c3ccc(-c4ccc(-c5ccc(C67CC8CC(CC(C8)C6)C7)cc5)cc4)cc3)n2)cc1. The van der Waals surface area contributed by atoms with Crippen LogP contribution in [0.5, 0.6) is 0 Å². The minimum absolute atomic E-state index is 0.436. The maximum Gasteiger partial charge on any atom is 0.164 e. The summed E-state index contributed by atoms with van der Waals surface area (Å²) in [5.74, 6) is 4.72. The molecule has 1 heterocycles. The number of hydrogen-bond acceptors (Lipinski definition) is 4. The van der Waals surface area contributed by atoms with Crippen LogP contribution in [0, 0.1) is 29.1 Å². The summed E-state index contributed by atoms with van der Waals surface area (Å²) in [5.41, 5.74) is 12.2. The molecule has 0 saturated heterocycles. The Bertz CT molecular complexity index is 2460. The van der Waals surface area contributed by atoms with Crippen LogP contribution < -0.4 is 0 Å². The molecule has 0 atom stereocenters. The minimum Gasteiger partial charge on any atom is -0.208 e. The molecule has 11 rings (SSSR count). The van der Waals surface area contributed by atoms with Crippen molar-refractivity contribution >= 4 is 0 Å². The molecule has 4 fully saturated rings. The topological polar surface area (TPSA) is 62.5 Å². The predicted octanol–water partition coefficient (Wildman–Crippen LogP) is 12.2. The molecule has 6 aromatic carbocycles. The van der Waals surface area contributed by atoms with Gasteiger partial charge >= 0.3 is 0 Å². The highest BCUT2D eigenvalue weighted by molar-refractivity contribution is 5.82. The standard InChI is InChI=1S/C50H40N4/c51-32-33-10-12-41(13-11-33)45-8-4-5-9-46(45)49-53-47(42-6-2-1-3-7-42)52-48(54-49)43-20-18-39(19-21-43)37-14-16-38(17-15-37)40-22-24-44(25-23-40)50-29-34-26-35(30-50)28-36(27-34)31-50/h1-25,34-36H,26-31H2. The van der Waals surface area contributed by atoms with E-state index >= 15 is 0 Å². The van der Waals surface area contributed by atoms with Gasteiger partial charge in [-0.15, -0.1) is 0 Å². The summed E-state index contributed by atoms with van der Waals surface area (Å²) in [6.45, 7) is 0. The lowest BCUT2D eigenvalue weighted by Crippen LogP contribution is -2.48. The summed E-state index contributed by atoms with van der Waals surface area (Å²) in [6.07, 6.45) is 8.66. The third-order valence-electron chi connectivity index (χ3n) is 12.4. The Morgan fingerprint density at radius 1 is 0.407 bits per heavy atom. The zero-order valence-corrected chi connectivity index (χ0v) is 30.2. The maximum atomic E-state index is 9.34. The molecule has 4 aliphatic rings. The Balaban J connectivity index is 0.929. The lowest BCUT2D eigenvalue weighted by atomic mass is 9.48. The fourth-order valence-corrected chi connectivity index (χ4v) is 10.1. The molecule has 4 heteroatoms. The molecule has 260 valence electrons. The molecule has 4 bridgehead atoms. The minimum atomic E-state index is 0.436. The quantitative estimate of drug-likeness (QED) is 0.166. The van der Waals surface area contributed by atoms with Gasteiger partial charge in [-0.2, -0.15) is 5.26 Å². The average Bonchev–Trinajstić information content (AvgIpc) is 3.23. The van der Waals surface area contributed by atoms with Crippen molar-refractivity contribution in [2.45, 2.75) is 43.9 Å². The van der Waals surface area contributed by atoms with Crippen LogP contribution >= 0.6 is 0 Å². The molecular weight excluding hydrogens is 657 g/mol. The Labute approximate surface area is 317 Å². The summed E-state index contributed by atoms with van der Waals surface area (Å²) >= 11 is 0. The van der Waals surface area contributed by atoms with Crippen molar-refractivity contribution in [2.24, 2.45) is 17.8 Å². The molecule has 4 aliphatic carbocycles. The van der Waals surface area contributed by atoms with Crippen molar-refractivity contribution in [3.63, 3.8) is 0 Å². The van der Waals surface area contributed by atoms with E-state index in [1.807, 2.05) is 72.8 Å². The predicted molar refractivity (Wildman–Crippen MR) is 217 cm³/mol. The third kappa shape index (κ3) is 6.00. The third-order valence-corrected chi connectivity index (χ3v) is 12.4. The first-order valence-corrected chi connectivity index (χ1v) is 19.3. The van der Waals surface area contributed by atoms with Gasteiger partial charge in [0.1, 0.15) is 0 Å². The van der Waals surface area contributed by atoms with Gasteiger partial charge in [0.05, 0.1) is 11.6 Å². The van der Waals surface area contributed by atoms with Crippen LogP contribution in [-0.4, -0.2) is 15.0 Å². The van der Waals surface area contributed by atoms with Crippen LogP contribution in [0.1, 0.15) is 49.7 Å². The Hall–Kier alpha value is -6.18. The monoisotopic (exact) mass is 696 g/mol. The largest absolute Gasteiger partial charge is 0.208 e. The van der Waals surface area contributed by atoms with Crippen molar-refractivity contribution in [2.75, 3.05) is 0 Å². The summed E-state index contributed by atoms with van der Waals surface area (Å²) in [4.78, 5) is 15.0. The number of rotatable bonds is 7. The smallest absolute Gasteiger partial charge is 0.164 e. The van der Waals surface area contributed by atoms with Gasteiger partial charge < -0.3 is 0 Å². The van der Waals surface area contributed by atoms with Gasteiger partial charge in [0.15, 0.2) is 17.5 Å². The van der Waals surface area contributed by atoms with Gasteiger partial charge in [0.25, 0.3) is 0 Å². The second-order valence-corrected chi connectivity index (χ2v) is 15.8. The number of nitrogens with zero attached hydrogens (tertiary/aromatic N) is 4. The van der Waals surface area contributed by atoms with Crippen molar-refractivity contribution in [1.82, 2.24) is 15.0 Å². The number of aromatic nitrogens is 3. The van der Waals surface area contributed by atoms with E-state index in [9.17, 15) is 5.26 Å². The van der Waals surface area contributed by atoms with Gasteiger partial charge in [-0.25, -0.2) is 15.0 Å². The van der Waals surface area contributed by atoms with Gasteiger partial charge in [-0.3, -0.25) is 0 Å². The highest BCUT2D eigenvalue weighted by atomic mass is 15.0. The van der Waals surface area contributed by atoms with E-state index in [4.69, 9.17) is 15.0 Å². The zero-order chi connectivity index (χ0) is 36.1.